The molecule has 1 fully saturated rings. The van der Waals surface area contributed by atoms with Crippen molar-refractivity contribution in [3.63, 3.8) is 0 Å². The first kappa shape index (κ1) is 15.9. The Bertz CT molecular complexity index is 486. The normalized spacial score (nSPS) is 22.2. The van der Waals surface area contributed by atoms with Crippen LogP contribution >= 0.6 is 0 Å². The van der Waals surface area contributed by atoms with E-state index in [0.29, 0.717) is 31.1 Å². The summed E-state index contributed by atoms with van der Waals surface area (Å²) in [5.41, 5.74) is -0.314. The van der Waals surface area contributed by atoms with E-state index in [1.54, 1.807) is 13.0 Å². The summed E-state index contributed by atoms with van der Waals surface area (Å²) >= 11 is 0. The van der Waals surface area contributed by atoms with Gasteiger partial charge in [0.1, 0.15) is 5.76 Å². The van der Waals surface area contributed by atoms with Crippen LogP contribution in [0.1, 0.15) is 26.0 Å². The number of carbonyl (C=O) groups excluding carboxylic acids is 1. The lowest BCUT2D eigenvalue weighted by atomic mass is 10.1. The van der Waals surface area contributed by atoms with Crippen LogP contribution in [0.15, 0.2) is 10.6 Å². The van der Waals surface area contributed by atoms with E-state index in [2.05, 4.69) is 15.4 Å². The lowest BCUT2D eigenvalue weighted by Crippen LogP contribution is -2.54. The third-order valence-corrected chi connectivity index (χ3v) is 3.31. The maximum atomic E-state index is 11.9. The fourth-order valence-corrected chi connectivity index (χ4v) is 2.57. The van der Waals surface area contributed by atoms with Crippen LogP contribution in [-0.4, -0.2) is 59.0 Å². The van der Waals surface area contributed by atoms with Crippen molar-refractivity contribution in [1.29, 1.82) is 0 Å². The lowest BCUT2D eigenvalue weighted by Gasteiger charge is -2.42. The molecule has 1 aromatic heterocycles. The van der Waals surface area contributed by atoms with Crippen molar-refractivity contribution in [2.75, 3.05) is 31.6 Å². The van der Waals surface area contributed by atoms with Crippen molar-refractivity contribution >= 4 is 11.7 Å². The Hall–Kier alpha value is -1.44. The molecule has 0 aliphatic carbocycles. The number of rotatable bonds is 5. The minimum atomic E-state index is -0.314. The number of nitrogens with zero attached hydrogens (tertiary/aromatic N) is 2. The van der Waals surface area contributed by atoms with Gasteiger partial charge in [-0.05, 0) is 20.8 Å². The van der Waals surface area contributed by atoms with E-state index in [1.165, 1.54) is 0 Å². The van der Waals surface area contributed by atoms with Gasteiger partial charge in [-0.3, -0.25) is 9.69 Å². The number of morpholine rings is 1. The second-order valence-corrected chi connectivity index (χ2v) is 6.04. The summed E-state index contributed by atoms with van der Waals surface area (Å²) in [5, 5.41) is 15.7. The molecule has 1 amide bonds. The van der Waals surface area contributed by atoms with E-state index >= 15 is 0 Å². The monoisotopic (exact) mass is 297 g/mol. The maximum absolute atomic E-state index is 11.9. The summed E-state index contributed by atoms with van der Waals surface area (Å²) < 4.78 is 10.6. The highest BCUT2D eigenvalue weighted by Crippen LogP contribution is 2.21. The van der Waals surface area contributed by atoms with Gasteiger partial charge in [0, 0.05) is 32.1 Å². The van der Waals surface area contributed by atoms with E-state index in [0.717, 1.165) is 6.54 Å². The number of aryl methyl sites for hydroxylation is 1. The molecule has 2 N–H and O–H groups in total. The summed E-state index contributed by atoms with van der Waals surface area (Å²) in [6.45, 7) is 7.72. The van der Waals surface area contributed by atoms with Gasteiger partial charge in [-0.15, -0.1) is 0 Å². The number of aliphatic hydroxyl groups is 1. The molecule has 1 saturated heterocycles. The number of amides is 1. The molecule has 7 nitrogen and oxygen atoms in total. The predicted molar refractivity (Wildman–Crippen MR) is 77.0 cm³/mol. The first-order valence-electron chi connectivity index (χ1n) is 7.12. The molecule has 0 aromatic carbocycles. The number of carbonyl (C=O) groups is 1. The molecule has 118 valence electrons. The molecule has 1 unspecified atom stereocenters. The zero-order valence-electron chi connectivity index (χ0n) is 12.8. The molecular weight excluding hydrogens is 274 g/mol. The first-order valence-corrected chi connectivity index (χ1v) is 7.12. The van der Waals surface area contributed by atoms with Crippen molar-refractivity contribution in [2.45, 2.75) is 38.9 Å². The molecule has 1 aliphatic rings. The van der Waals surface area contributed by atoms with Crippen LogP contribution in [0, 0.1) is 6.92 Å². The number of aromatic nitrogens is 1. The van der Waals surface area contributed by atoms with Gasteiger partial charge in [0.25, 0.3) is 0 Å². The summed E-state index contributed by atoms with van der Waals surface area (Å²) in [7, 11) is 0. The molecule has 21 heavy (non-hydrogen) atoms. The number of hydrogen-bond acceptors (Lipinski definition) is 6. The standard InChI is InChI=1S/C14H23N3O4/c1-10-6-12(16-21-10)15-13(19)4-5-17-7-11(8-18)20-14(2,3)9-17/h6,11,18H,4-5,7-9H2,1-3H3,(H,15,16,19). The van der Waals surface area contributed by atoms with E-state index in [9.17, 15) is 9.90 Å². The van der Waals surface area contributed by atoms with E-state index in [1.807, 2.05) is 13.8 Å². The van der Waals surface area contributed by atoms with Crippen LogP contribution < -0.4 is 5.32 Å². The lowest BCUT2D eigenvalue weighted by molar-refractivity contribution is -0.149. The van der Waals surface area contributed by atoms with Gasteiger partial charge in [-0.1, -0.05) is 5.16 Å². The highest BCUT2D eigenvalue weighted by Gasteiger charge is 2.32. The van der Waals surface area contributed by atoms with Gasteiger partial charge >= 0.3 is 0 Å². The third-order valence-electron chi connectivity index (χ3n) is 3.31. The van der Waals surface area contributed by atoms with Crippen LogP contribution in [0.4, 0.5) is 5.82 Å². The van der Waals surface area contributed by atoms with Crippen LogP contribution in [0.5, 0.6) is 0 Å². The number of aliphatic hydroxyl groups excluding tert-OH is 1. The van der Waals surface area contributed by atoms with Crippen molar-refractivity contribution in [3.05, 3.63) is 11.8 Å². The highest BCUT2D eigenvalue weighted by molar-refractivity contribution is 5.89. The maximum Gasteiger partial charge on any atom is 0.226 e. The molecule has 2 rings (SSSR count). The number of nitrogens with one attached hydrogen (secondary N) is 1. The summed E-state index contributed by atoms with van der Waals surface area (Å²) in [5.74, 6) is 0.993. The Labute approximate surface area is 124 Å². The van der Waals surface area contributed by atoms with Crippen molar-refractivity contribution in [1.82, 2.24) is 10.1 Å². The number of ether oxygens (including phenoxy) is 1. The fourth-order valence-electron chi connectivity index (χ4n) is 2.57. The zero-order chi connectivity index (χ0) is 15.5. The van der Waals surface area contributed by atoms with Gasteiger partial charge in [0.15, 0.2) is 5.82 Å². The Morgan fingerprint density at radius 2 is 2.38 bits per heavy atom. The van der Waals surface area contributed by atoms with Crippen LogP contribution in [0.25, 0.3) is 0 Å². The van der Waals surface area contributed by atoms with Gasteiger partial charge in [0.2, 0.25) is 5.91 Å². The Kier molecular flexibility index (Phi) is 4.97. The minimum absolute atomic E-state index is 0.00958. The Morgan fingerprint density at radius 1 is 1.62 bits per heavy atom. The fraction of sp³-hybridized carbons (Fsp3) is 0.714. The minimum Gasteiger partial charge on any atom is -0.394 e. The van der Waals surface area contributed by atoms with E-state index in [-0.39, 0.29) is 24.2 Å². The summed E-state index contributed by atoms with van der Waals surface area (Å²) in [4.78, 5) is 14.0. The van der Waals surface area contributed by atoms with Gasteiger partial charge < -0.3 is 19.7 Å². The molecule has 1 atom stereocenters. The van der Waals surface area contributed by atoms with Crippen LogP contribution in [0.3, 0.4) is 0 Å². The molecule has 7 heteroatoms. The average Bonchev–Trinajstić information content (AvgIpc) is 2.80. The van der Waals surface area contributed by atoms with E-state index < -0.39 is 0 Å². The van der Waals surface area contributed by atoms with Gasteiger partial charge in [-0.25, -0.2) is 0 Å². The van der Waals surface area contributed by atoms with Gasteiger partial charge in [-0.2, -0.15) is 0 Å². The smallest absolute Gasteiger partial charge is 0.226 e. The molecule has 1 aliphatic heterocycles. The molecule has 2 heterocycles. The molecule has 0 bridgehead atoms. The Balaban J connectivity index is 1.80. The number of anilines is 1. The first-order chi connectivity index (χ1) is 9.88. The Morgan fingerprint density at radius 3 is 3.00 bits per heavy atom. The SMILES string of the molecule is Cc1cc(NC(=O)CCN2CC(CO)OC(C)(C)C2)no1. The third kappa shape index (κ3) is 4.80. The predicted octanol–water partition coefficient (Wildman–Crippen LogP) is 0.783. The van der Waals surface area contributed by atoms with Crippen molar-refractivity contribution in [3.8, 4) is 0 Å². The average molecular weight is 297 g/mol. The zero-order valence-corrected chi connectivity index (χ0v) is 12.8. The molecule has 0 saturated carbocycles. The molecule has 0 radical (unpaired) electrons. The highest BCUT2D eigenvalue weighted by atomic mass is 16.5. The number of hydrogen-bond donors (Lipinski definition) is 2. The van der Waals surface area contributed by atoms with Crippen LogP contribution in [0.2, 0.25) is 0 Å². The van der Waals surface area contributed by atoms with E-state index in [4.69, 9.17) is 9.26 Å². The van der Waals surface area contributed by atoms with Crippen LogP contribution in [-0.2, 0) is 9.53 Å². The summed E-state index contributed by atoms with van der Waals surface area (Å²) in [6, 6.07) is 1.68. The van der Waals surface area contributed by atoms with Crippen molar-refractivity contribution < 1.29 is 19.2 Å². The second kappa shape index (κ2) is 6.55. The molecular formula is C14H23N3O4. The van der Waals surface area contributed by atoms with Crippen molar-refractivity contribution in [2.24, 2.45) is 0 Å². The molecule has 1 aromatic rings. The molecule has 0 spiro atoms. The quantitative estimate of drug-likeness (QED) is 0.835. The largest absolute Gasteiger partial charge is 0.394 e. The second-order valence-electron chi connectivity index (χ2n) is 6.04. The van der Waals surface area contributed by atoms with Gasteiger partial charge in [0.05, 0.1) is 18.3 Å². The summed E-state index contributed by atoms with van der Waals surface area (Å²) in [6.07, 6.45) is 0.162. The topological polar surface area (TPSA) is 87.8 Å².